The average molecular weight is 427 g/mol. The van der Waals surface area contributed by atoms with E-state index in [1.807, 2.05) is 30.3 Å². The van der Waals surface area contributed by atoms with E-state index in [9.17, 15) is 20.0 Å². The van der Waals surface area contributed by atoms with Crippen molar-refractivity contribution < 1.29 is 14.7 Å². The number of nitriles is 1. The van der Waals surface area contributed by atoms with Crippen LogP contribution in [0.5, 0.6) is 0 Å². The molecule has 1 amide bonds. The lowest BCUT2D eigenvalue weighted by Gasteiger charge is -2.21. The topological polar surface area (TPSA) is 90.2 Å². The Labute approximate surface area is 188 Å². The standard InChI is InChI=1S/C27H26N2O3/c1-18(2)14-24(20-8-4-3-5-9-20)26(30)29-25-15-19(17-28)12-13-22(25)16-21-10-6-7-11-23(21)27(31)32/h3-13,15,18,24H,14,16H2,1-2H3,(H,29,30)(H,31,32). The van der Waals surface area contributed by atoms with Crippen molar-refractivity contribution in [3.63, 3.8) is 0 Å². The number of carboxylic acids is 1. The van der Waals surface area contributed by atoms with Crippen LogP contribution in [0, 0.1) is 17.2 Å². The first-order valence-electron chi connectivity index (χ1n) is 10.6. The molecule has 1 unspecified atom stereocenters. The number of carbonyl (C=O) groups excluding carboxylic acids is 1. The molecule has 0 heterocycles. The Morgan fingerprint density at radius 3 is 2.31 bits per heavy atom. The Morgan fingerprint density at radius 1 is 0.969 bits per heavy atom. The van der Waals surface area contributed by atoms with E-state index in [1.54, 1.807) is 42.5 Å². The lowest BCUT2D eigenvalue weighted by atomic mass is 9.89. The molecule has 1 atom stereocenters. The van der Waals surface area contributed by atoms with E-state index in [1.165, 1.54) is 0 Å². The highest BCUT2D eigenvalue weighted by molar-refractivity contribution is 5.97. The number of benzene rings is 3. The minimum Gasteiger partial charge on any atom is -0.478 e. The van der Waals surface area contributed by atoms with Crippen molar-refractivity contribution in [3.8, 4) is 6.07 Å². The third-order valence-electron chi connectivity index (χ3n) is 5.35. The first-order chi connectivity index (χ1) is 15.4. The summed E-state index contributed by atoms with van der Waals surface area (Å²) in [6.07, 6.45) is 1.01. The van der Waals surface area contributed by atoms with Gasteiger partial charge in [-0.05, 0) is 47.2 Å². The van der Waals surface area contributed by atoms with Crippen molar-refractivity contribution in [1.82, 2.24) is 0 Å². The van der Waals surface area contributed by atoms with Crippen LogP contribution >= 0.6 is 0 Å². The van der Waals surface area contributed by atoms with E-state index in [0.29, 0.717) is 35.6 Å². The molecule has 0 aliphatic heterocycles. The van der Waals surface area contributed by atoms with Crippen molar-refractivity contribution in [2.24, 2.45) is 5.92 Å². The molecule has 162 valence electrons. The number of carbonyl (C=O) groups is 2. The van der Waals surface area contributed by atoms with Gasteiger partial charge in [-0.3, -0.25) is 4.79 Å². The fraction of sp³-hybridized carbons (Fsp3) is 0.222. The fourth-order valence-electron chi connectivity index (χ4n) is 3.78. The van der Waals surface area contributed by atoms with Gasteiger partial charge in [-0.2, -0.15) is 5.26 Å². The second kappa shape index (κ2) is 10.4. The van der Waals surface area contributed by atoms with Gasteiger partial charge in [-0.1, -0.05) is 68.4 Å². The van der Waals surface area contributed by atoms with Crippen molar-refractivity contribution in [2.45, 2.75) is 32.6 Å². The van der Waals surface area contributed by atoms with Gasteiger partial charge in [0.15, 0.2) is 0 Å². The third kappa shape index (κ3) is 5.61. The SMILES string of the molecule is CC(C)CC(C(=O)Nc1cc(C#N)ccc1Cc1ccccc1C(=O)O)c1ccccc1. The normalized spacial score (nSPS) is 11.6. The van der Waals surface area contributed by atoms with Crippen molar-refractivity contribution in [2.75, 3.05) is 5.32 Å². The quantitative estimate of drug-likeness (QED) is 0.489. The van der Waals surface area contributed by atoms with Gasteiger partial charge >= 0.3 is 5.97 Å². The molecule has 5 heteroatoms. The van der Waals surface area contributed by atoms with Crippen LogP contribution in [0.3, 0.4) is 0 Å². The first kappa shape index (κ1) is 22.8. The molecule has 3 aromatic carbocycles. The van der Waals surface area contributed by atoms with Gasteiger partial charge in [0.1, 0.15) is 0 Å². The summed E-state index contributed by atoms with van der Waals surface area (Å²) >= 11 is 0. The molecule has 0 saturated heterocycles. The summed E-state index contributed by atoms with van der Waals surface area (Å²) in [5, 5.41) is 21.9. The fourth-order valence-corrected chi connectivity index (χ4v) is 3.78. The number of hydrogen-bond donors (Lipinski definition) is 2. The lowest BCUT2D eigenvalue weighted by molar-refractivity contribution is -0.118. The van der Waals surface area contributed by atoms with Crippen LogP contribution in [0.2, 0.25) is 0 Å². The van der Waals surface area contributed by atoms with Crippen molar-refractivity contribution in [3.05, 3.63) is 101 Å². The van der Waals surface area contributed by atoms with Crippen LogP contribution in [-0.2, 0) is 11.2 Å². The minimum atomic E-state index is -0.999. The molecule has 3 aromatic rings. The van der Waals surface area contributed by atoms with E-state index in [-0.39, 0.29) is 17.4 Å². The van der Waals surface area contributed by atoms with Crippen molar-refractivity contribution >= 4 is 17.6 Å². The number of rotatable bonds is 8. The van der Waals surface area contributed by atoms with E-state index >= 15 is 0 Å². The molecule has 0 radical (unpaired) electrons. The zero-order valence-electron chi connectivity index (χ0n) is 18.2. The largest absolute Gasteiger partial charge is 0.478 e. The third-order valence-corrected chi connectivity index (χ3v) is 5.35. The lowest BCUT2D eigenvalue weighted by Crippen LogP contribution is -2.23. The van der Waals surface area contributed by atoms with Gasteiger partial charge in [0.25, 0.3) is 0 Å². The van der Waals surface area contributed by atoms with Crippen LogP contribution in [-0.4, -0.2) is 17.0 Å². The Hall–Kier alpha value is -3.91. The number of hydrogen-bond acceptors (Lipinski definition) is 3. The second-order valence-corrected chi connectivity index (χ2v) is 8.20. The molecule has 0 bridgehead atoms. The average Bonchev–Trinajstić information content (AvgIpc) is 2.79. The molecule has 0 saturated carbocycles. The zero-order chi connectivity index (χ0) is 23.1. The summed E-state index contributed by atoms with van der Waals surface area (Å²) in [7, 11) is 0. The van der Waals surface area contributed by atoms with Crippen LogP contribution in [0.15, 0.2) is 72.8 Å². The predicted molar refractivity (Wildman–Crippen MR) is 125 cm³/mol. The number of nitrogens with one attached hydrogen (secondary N) is 1. The Kier molecular flexibility index (Phi) is 7.41. The summed E-state index contributed by atoms with van der Waals surface area (Å²) in [5.74, 6) is -1.16. The number of aromatic carboxylic acids is 1. The van der Waals surface area contributed by atoms with Crippen LogP contribution in [0.1, 0.15) is 58.8 Å². The van der Waals surface area contributed by atoms with E-state index in [4.69, 9.17) is 0 Å². The summed E-state index contributed by atoms with van der Waals surface area (Å²) in [6, 6.07) is 23.7. The van der Waals surface area contributed by atoms with Crippen molar-refractivity contribution in [1.29, 1.82) is 5.26 Å². The van der Waals surface area contributed by atoms with E-state index in [2.05, 4.69) is 25.2 Å². The molecule has 3 rings (SSSR count). The van der Waals surface area contributed by atoms with Crippen LogP contribution < -0.4 is 5.32 Å². The summed E-state index contributed by atoms with van der Waals surface area (Å²) < 4.78 is 0. The monoisotopic (exact) mass is 426 g/mol. The molecular weight excluding hydrogens is 400 g/mol. The van der Waals surface area contributed by atoms with Crippen LogP contribution in [0.25, 0.3) is 0 Å². The molecule has 0 aliphatic carbocycles. The zero-order valence-corrected chi connectivity index (χ0v) is 18.2. The summed E-state index contributed by atoms with van der Waals surface area (Å²) in [5.41, 5.74) is 3.50. The predicted octanol–water partition coefficient (Wildman–Crippen LogP) is 5.62. The Balaban J connectivity index is 1.95. The number of anilines is 1. The maximum absolute atomic E-state index is 13.3. The molecule has 32 heavy (non-hydrogen) atoms. The highest BCUT2D eigenvalue weighted by Crippen LogP contribution is 2.28. The molecule has 0 aromatic heterocycles. The molecular formula is C27H26N2O3. The summed E-state index contributed by atoms with van der Waals surface area (Å²) in [6.45, 7) is 4.15. The molecule has 5 nitrogen and oxygen atoms in total. The first-order valence-corrected chi connectivity index (χ1v) is 10.6. The molecule has 2 N–H and O–H groups in total. The van der Waals surface area contributed by atoms with Gasteiger partial charge < -0.3 is 10.4 Å². The molecule has 0 aliphatic rings. The van der Waals surface area contributed by atoms with Gasteiger partial charge in [-0.25, -0.2) is 4.79 Å². The van der Waals surface area contributed by atoms with Gasteiger partial charge in [-0.15, -0.1) is 0 Å². The smallest absolute Gasteiger partial charge is 0.335 e. The van der Waals surface area contributed by atoms with Gasteiger partial charge in [0.05, 0.1) is 23.1 Å². The number of nitrogens with zero attached hydrogens (tertiary/aromatic N) is 1. The number of amides is 1. The second-order valence-electron chi connectivity index (χ2n) is 8.20. The molecule has 0 fully saturated rings. The van der Waals surface area contributed by atoms with Gasteiger partial charge in [0.2, 0.25) is 5.91 Å². The number of carboxylic acid groups (broad SMARTS) is 1. The molecule has 0 spiro atoms. The van der Waals surface area contributed by atoms with E-state index < -0.39 is 5.97 Å². The minimum absolute atomic E-state index is 0.146. The maximum atomic E-state index is 13.3. The maximum Gasteiger partial charge on any atom is 0.335 e. The van der Waals surface area contributed by atoms with Gasteiger partial charge in [0, 0.05) is 12.1 Å². The Bertz CT molecular complexity index is 1150. The van der Waals surface area contributed by atoms with Crippen LogP contribution in [0.4, 0.5) is 5.69 Å². The van der Waals surface area contributed by atoms with E-state index in [0.717, 1.165) is 11.1 Å². The Morgan fingerprint density at radius 2 is 1.66 bits per heavy atom. The highest BCUT2D eigenvalue weighted by Gasteiger charge is 2.23. The summed E-state index contributed by atoms with van der Waals surface area (Å²) in [4.78, 5) is 25.0. The highest BCUT2D eigenvalue weighted by atomic mass is 16.4.